The van der Waals surface area contributed by atoms with Gasteiger partial charge >= 0.3 is 0 Å². The van der Waals surface area contributed by atoms with Crippen molar-refractivity contribution < 1.29 is 9.72 Å². The summed E-state index contributed by atoms with van der Waals surface area (Å²) >= 11 is 1.24. The molecule has 2 aromatic rings. The second kappa shape index (κ2) is 6.25. The number of thioether (sulfide) groups is 1. The van der Waals surface area contributed by atoms with Gasteiger partial charge in [0.25, 0.3) is 5.69 Å². The predicted molar refractivity (Wildman–Crippen MR) is 74.9 cm³/mol. The molecule has 0 saturated heterocycles. The van der Waals surface area contributed by atoms with Gasteiger partial charge in [0, 0.05) is 30.1 Å². The third-order valence-corrected chi connectivity index (χ3v) is 3.37. The van der Waals surface area contributed by atoms with Crippen LogP contribution >= 0.6 is 11.8 Å². The molecule has 0 unspecified atom stereocenters. The lowest BCUT2D eigenvalue weighted by molar-refractivity contribution is -0.384. The summed E-state index contributed by atoms with van der Waals surface area (Å²) in [5, 5.41) is 11.1. The molecule has 7 heteroatoms. The monoisotopic (exact) mass is 289 g/mol. The Bertz CT molecular complexity index is 626. The molecule has 102 valence electrons. The summed E-state index contributed by atoms with van der Waals surface area (Å²) in [6.45, 7) is 1.89. The highest BCUT2D eigenvalue weighted by molar-refractivity contribution is 7.99. The smallest absolute Gasteiger partial charge is 0.269 e. The zero-order valence-corrected chi connectivity index (χ0v) is 11.5. The number of rotatable bonds is 5. The normalized spacial score (nSPS) is 10.2. The molecule has 2 rings (SSSR count). The molecule has 1 aromatic heterocycles. The first-order valence-corrected chi connectivity index (χ1v) is 6.74. The number of aromatic nitrogens is 2. The molecule has 20 heavy (non-hydrogen) atoms. The van der Waals surface area contributed by atoms with Gasteiger partial charge in [-0.1, -0.05) is 11.8 Å². The molecule has 0 atom stereocenters. The van der Waals surface area contributed by atoms with Gasteiger partial charge in [-0.2, -0.15) is 0 Å². The summed E-state index contributed by atoms with van der Waals surface area (Å²) in [5.41, 5.74) is 1.36. The van der Waals surface area contributed by atoms with Crippen LogP contribution in [0.2, 0.25) is 0 Å². The van der Waals surface area contributed by atoms with Crippen LogP contribution in [0.5, 0.6) is 0 Å². The van der Waals surface area contributed by atoms with Crippen molar-refractivity contribution in [2.24, 2.45) is 0 Å². The van der Waals surface area contributed by atoms with Crippen LogP contribution in [-0.2, 0) is 0 Å². The molecule has 0 bridgehead atoms. The van der Waals surface area contributed by atoms with E-state index in [4.69, 9.17) is 0 Å². The van der Waals surface area contributed by atoms with Crippen molar-refractivity contribution in [3.8, 4) is 0 Å². The minimum atomic E-state index is -0.497. The van der Waals surface area contributed by atoms with Crippen LogP contribution in [0.1, 0.15) is 15.9 Å². The van der Waals surface area contributed by atoms with Crippen molar-refractivity contribution >= 4 is 23.2 Å². The maximum atomic E-state index is 11.9. The summed E-state index contributed by atoms with van der Waals surface area (Å²) in [6.07, 6.45) is 3.37. The van der Waals surface area contributed by atoms with Gasteiger partial charge < -0.3 is 0 Å². The molecule has 6 nitrogen and oxygen atoms in total. The molecule has 1 aromatic carbocycles. The zero-order chi connectivity index (χ0) is 14.5. The Labute approximate surface area is 119 Å². The second-order valence-corrected chi connectivity index (χ2v) is 5.00. The van der Waals surface area contributed by atoms with Crippen molar-refractivity contribution in [1.82, 2.24) is 9.97 Å². The highest BCUT2D eigenvalue weighted by Gasteiger charge is 2.10. The number of benzene rings is 1. The Balaban J connectivity index is 1.97. The number of Topliss-reactive ketones (excluding diaryl/α,β-unsaturated/α-hetero) is 1. The molecular formula is C13H11N3O3S. The van der Waals surface area contributed by atoms with Crippen molar-refractivity contribution in [3.05, 3.63) is 57.9 Å². The van der Waals surface area contributed by atoms with Crippen LogP contribution in [0.3, 0.4) is 0 Å². The van der Waals surface area contributed by atoms with Crippen LogP contribution in [0.25, 0.3) is 0 Å². The summed E-state index contributed by atoms with van der Waals surface area (Å²) in [5.74, 6) is 0.0787. The maximum Gasteiger partial charge on any atom is 0.269 e. The fourth-order valence-corrected chi connectivity index (χ4v) is 2.12. The molecule has 0 fully saturated rings. The van der Waals surface area contributed by atoms with Gasteiger partial charge in [-0.3, -0.25) is 14.9 Å². The van der Waals surface area contributed by atoms with Crippen LogP contribution in [0.4, 0.5) is 5.69 Å². The average Bonchev–Trinajstić information content (AvgIpc) is 2.46. The van der Waals surface area contributed by atoms with E-state index >= 15 is 0 Å². The fraction of sp³-hybridized carbons (Fsp3) is 0.154. The van der Waals surface area contributed by atoms with Gasteiger partial charge in [0.05, 0.1) is 10.7 Å². The van der Waals surface area contributed by atoms with Crippen molar-refractivity contribution in [2.45, 2.75) is 12.1 Å². The predicted octanol–water partition coefficient (Wildman–Crippen LogP) is 2.67. The average molecular weight is 289 g/mol. The molecule has 0 aliphatic rings. The largest absolute Gasteiger partial charge is 0.293 e. The Hall–Kier alpha value is -2.28. The minimum Gasteiger partial charge on any atom is -0.293 e. The molecule has 0 aliphatic carbocycles. The fourth-order valence-electron chi connectivity index (χ4n) is 1.44. The van der Waals surface area contributed by atoms with Crippen LogP contribution < -0.4 is 0 Å². The molecule has 1 heterocycles. The number of ketones is 1. The number of hydrogen-bond acceptors (Lipinski definition) is 6. The third-order valence-electron chi connectivity index (χ3n) is 2.49. The number of nitro benzene ring substituents is 1. The number of carbonyl (C=O) groups excluding carboxylic acids is 1. The first-order valence-electron chi connectivity index (χ1n) is 5.75. The number of non-ortho nitro benzene ring substituents is 1. The van der Waals surface area contributed by atoms with E-state index in [1.807, 2.05) is 6.92 Å². The molecule has 0 radical (unpaired) electrons. The van der Waals surface area contributed by atoms with E-state index in [2.05, 4.69) is 9.97 Å². The van der Waals surface area contributed by atoms with Gasteiger partial charge in [-0.25, -0.2) is 9.97 Å². The lowest BCUT2D eigenvalue weighted by Gasteiger charge is -2.01. The van der Waals surface area contributed by atoms with Gasteiger partial charge in [0.1, 0.15) is 0 Å². The number of aryl methyl sites for hydroxylation is 1. The molecular weight excluding hydrogens is 278 g/mol. The molecule has 0 saturated carbocycles. The van der Waals surface area contributed by atoms with Crippen LogP contribution in [-0.4, -0.2) is 26.4 Å². The highest BCUT2D eigenvalue weighted by atomic mass is 32.2. The Kier molecular flexibility index (Phi) is 4.41. The molecule has 0 spiro atoms. The van der Waals surface area contributed by atoms with E-state index in [9.17, 15) is 14.9 Å². The Morgan fingerprint density at radius 2 is 1.85 bits per heavy atom. The van der Waals surface area contributed by atoms with E-state index in [1.165, 1.54) is 36.0 Å². The summed E-state index contributed by atoms with van der Waals surface area (Å²) < 4.78 is 0. The zero-order valence-electron chi connectivity index (χ0n) is 10.6. The number of hydrogen-bond donors (Lipinski definition) is 0. The highest BCUT2D eigenvalue weighted by Crippen LogP contribution is 2.17. The van der Waals surface area contributed by atoms with Gasteiger partial charge in [0.15, 0.2) is 10.9 Å². The van der Waals surface area contributed by atoms with Gasteiger partial charge in [-0.05, 0) is 24.6 Å². The number of nitrogens with zero attached hydrogens (tertiary/aromatic N) is 3. The summed E-state index contributed by atoms with van der Waals surface area (Å²) in [7, 11) is 0. The minimum absolute atomic E-state index is 0.0314. The quantitative estimate of drug-likeness (QED) is 0.276. The summed E-state index contributed by atoms with van der Waals surface area (Å²) in [6, 6.07) is 5.55. The standard InChI is InChI=1S/C13H11N3O3S/c1-9-6-14-13(15-7-9)20-8-12(17)10-2-4-11(5-3-10)16(18)19/h2-7H,8H2,1H3. The summed E-state index contributed by atoms with van der Waals surface area (Å²) in [4.78, 5) is 30.1. The Morgan fingerprint density at radius 1 is 1.25 bits per heavy atom. The maximum absolute atomic E-state index is 11.9. The van der Waals surface area contributed by atoms with Crippen LogP contribution in [0, 0.1) is 17.0 Å². The third kappa shape index (κ3) is 3.61. The number of carbonyl (C=O) groups is 1. The molecule has 0 amide bonds. The van der Waals surface area contributed by atoms with Crippen molar-refractivity contribution in [1.29, 1.82) is 0 Å². The van der Waals surface area contributed by atoms with E-state index in [0.717, 1.165) is 5.56 Å². The van der Waals surface area contributed by atoms with Crippen LogP contribution in [0.15, 0.2) is 41.8 Å². The lowest BCUT2D eigenvalue weighted by atomic mass is 10.1. The molecule has 0 aliphatic heterocycles. The van der Waals surface area contributed by atoms with E-state index in [1.54, 1.807) is 12.4 Å². The van der Waals surface area contributed by atoms with E-state index < -0.39 is 4.92 Å². The van der Waals surface area contributed by atoms with E-state index in [0.29, 0.717) is 10.7 Å². The van der Waals surface area contributed by atoms with E-state index in [-0.39, 0.29) is 17.2 Å². The first kappa shape index (κ1) is 14.1. The lowest BCUT2D eigenvalue weighted by Crippen LogP contribution is -2.03. The molecule has 0 N–H and O–H groups in total. The van der Waals surface area contributed by atoms with Gasteiger partial charge in [0.2, 0.25) is 0 Å². The first-order chi connectivity index (χ1) is 9.56. The topological polar surface area (TPSA) is 86.0 Å². The van der Waals surface area contributed by atoms with Crippen molar-refractivity contribution in [3.63, 3.8) is 0 Å². The number of nitro groups is 1. The second-order valence-electron chi connectivity index (χ2n) is 4.06. The Morgan fingerprint density at radius 3 is 2.40 bits per heavy atom. The SMILES string of the molecule is Cc1cnc(SCC(=O)c2ccc([N+](=O)[O-])cc2)nc1. The van der Waals surface area contributed by atoms with Gasteiger partial charge in [-0.15, -0.1) is 0 Å². The van der Waals surface area contributed by atoms with Crippen molar-refractivity contribution in [2.75, 3.05) is 5.75 Å².